The van der Waals surface area contributed by atoms with Gasteiger partial charge in [-0.1, -0.05) is 5.16 Å². The van der Waals surface area contributed by atoms with Crippen molar-refractivity contribution >= 4 is 16.9 Å². The van der Waals surface area contributed by atoms with Crippen molar-refractivity contribution in [3.05, 3.63) is 60.6 Å². The Bertz CT molecular complexity index is 1090. The summed E-state index contributed by atoms with van der Waals surface area (Å²) in [7, 11) is 0. The van der Waals surface area contributed by atoms with Gasteiger partial charge in [0.1, 0.15) is 34.8 Å². The molecule has 0 N–H and O–H groups in total. The van der Waals surface area contributed by atoms with E-state index in [1.165, 1.54) is 18.5 Å². The van der Waals surface area contributed by atoms with E-state index >= 15 is 0 Å². The lowest BCUT2D eigenvalue weighted by Gasteiger charge is -2.26. The van der Waals surface area contributed by atoms with Crippen LogP contribution in [0.4, 0.5) is 10.2 Å². The molecule has 5 rings (SSSR count). The van der Waals surface area contributed by atoms with Gasteiger partial charge in [-0.05, 0) is 49.2 Å². The highest BCUT2D eigenvalue weighted by Crippen LogP contribution is 2.34. The van der Waals surface area contributed by atoms with Crippen LogP contribution in [0, 0.1) is 5.82 Å². The molecule has 1 aliphatic heterocycles. The minimum absolute atomic E-state index is 0.115. The molecule has 8 heteroatoms. The molecule has 7 nitrogen and oxygen atoms in total. The predicted molar refractivity (Wildman–Crippen MR) is 104 cm³/mol. The van der Waals surface area contributed by atoms with Crippen LogP contribution >= 0.6 is 0 Å². The Morgan fingerprint density at radius 3 is 2.79 bits per heavy atom. The molecule has 0 aliphatic carbocycles. The van der Waals surface area contributed by atoms with Crippen molar-refractivity contribution in [2.75, 3.05) is 18.1 Å². The molecule has 0 bridgehead atoms. The standard InChI is InChI=1S/C21H19FN4O3/c22-15-7-5-14(6-8-15)19-18-20(23-13-24-21(18)29-25-19)26(11-16-3-1-9-27-16)12-17-4-2-10-28-17/h1,3,5-9,13,17H,2,4,10-12H2/t17-/m0/s1. The number of fused-ring (bicyclic) bond motifs is 1. The van der Waals surface area contributed by atoms with Crippen molar-refractivity contribution in [2.24, 2.45) is 0 Å². The molecule has 148 valence electrons. The van der Waals surface area contributed by atoms with Crippen LogP contribution in [0.25, 0.3) is 22.4 Å². The van der Waals surface area contributed by atoms with Gasteiger partial charge in [0.05, 0.1) is 18.9 Å². The molecule has 1 aromatic carbocycles. The number of benzene rings is 1. The van der Waals surface area contributed by atoms with E-state index in [9.17, 15) is 4.39 Å². The molecule has 4 heterocycles. The number of rotatable bonds is 6. The van der Waals surface area contributed by atoms with Gasteiger partial charge in [-0.15, -0.1) is 0 Å². The summed E-state index contributed by atoms with van der Waals surface area (Å²) < 4.78 is 30.3. The molecule has 0 saturated carbocycles. The third-order valence-electron chi connectivity index (χ3n) is 5.04. The number of anilines is 1. The summed E-state index contributed by atoms with van der Waals surface area (Å²) >= 11 is 0. The van der Waals surface area contributed by atoms with Gasteiger partial charge in [0.2, 0.25) is 0 Å². The normalized spacial score (nSPS) is 16.5. The molecule has 0 spiro atoms. The van der Waals surface area contributed by atoms with E-state index in [1.807, 2.05) is 12.1 Å². The topological polar surface area (TPSA) is 77.4 Å². The minimum atomic E-state index is -0.309. The van der Waals surface area contributed by atoms with Crippen LogP contribution in [0.3, 0.4) is 0 Å². The largest absolute Gasteiger partial charge is 0.467 e. The van der Waals surface area contributed by atoms with E-state index in [2.05, 4.69) is 20.0 Å². The second-order valence-electron chi connectivity index (χ2n) is 7.01. The van der Waals surface area contributed by atoms with E-state index in [4.69, 9.17) is 13.7 Å². The third-order valence-corrected chi connectivity index (χ3v) is 5.04. The lowest BCUT2D eigenvalue weighted by molar-refractivity contribution is 0.115. The fourth-order valence-electron chi connectivity index (χ4n) is 3.67. The molecule has 3 aromatic heterocycles. The van der Waals surface area contributed by atoms with Crippen molar-refractivity contribution in [3.63, 3.8) is 0 Å². The summed E-state index contributed by atoms with van der Waals surface area (Å²) in [6.07, 6.45) is 5.27. The van der Waals surface area contributed by atoms with Gasteiger partial charge >= 0.3 is 0 Å². The molecule has 4 aromatic rings. The highest BCUT2D eigenvalue weighted by molar-refractivity contribution is 5.97. The number of hydrogen-bond acceptors (Lipinski definition) is 7. The van der Waals surface area contributed by atoms with Crippen LogP contribution in [0.5, 0.6) is 0 Å². The fraction of sp³-hybridized carbons (Fsp3) is 0.286. The lowest BCUT2D eigenvalue weighted by Crippen LogP contribution is -2.32. The Balaban J connectivity index is 1.59. The van der Waals surface area contributed by atoms with Gasteiger partial charge in [-0.3, -0.25) is 0 Å². The van der Waals surface area contributed by atoms with Crippen molar-refractivity contribution < 1.29 is 18.1 Å². The van der Waals surface area contributed by atoms with Gasteiger partial charge in [-0.25, -0.2) is 9.37 Å². The molecular formula is C21H19FN4O3. The molecule has 1 saturated heterocycles. The van der Waals surface area contributed by atoms with Crippen LogP contribution in [0.15, 0.2) is 57.9 Å². The monoisotopic (exact) mass is 394 g/mol. The van der Waals surface area contributed by atoms with Crippen LogP contribution in [0.2, 0.25) is 0 Å². The molecule has 1 atom stereocenters. The number of ether oxygens (including phenoxy) is 1. The van der Waals surface area contributed by atoms with Gasteiger partial charge in [0.25, 0.3) is 5.71 Å². The van der Waals surface area contributed by atoms with Crippen molar-refractivity contribution in [2.45, 2.75) is 25.5 Å². The minimum Gasteiger partial charge on any atom is -0.467 e. The maximum atomic E-state index is 13.4. The second kappa shape index (κ2) is 7.63. The van der Waals surface area contributed by atoms with Gasteiger partial charge in [0, 0.05) is 18.7 Å². The highest BCUT2D eigenvalue weighted by atomic mass is 19.1. The summed E-state index contributed by atoms with van der Waals surface area (Å²) in [5, 5.41) is 4.87. The fourth-order valence-corrected chi connectivity index (χ4v) is 3.67. The van der Waals surface area contributed by atoms with Crippen molar-refractivity contribution in [1.82, 2.24) is 15.1 Å². The first-order chi connectivity index (χ1) is 14.3. The first-order valence-electron chi connectivity index (χ1n) is 9.53. The first kappa shape index (κ1) is 17.8. The molecule has 1 fully saturated rings. The third kappa shape index (κ3) is 3.58. The summed E-state index contributed by atoms with van der Waals surface area (Å²) in [5.41, 5.74) is 1.69. The Morgan fingerprint density at radius 2 is 2.03 bits per heavy atom. The Labute approximate surface area is 166 Å². The first-order valence-corrected chi connectivity index (χ1v) is 9.53. The van der Waals surface area contributed by atoms with Crippen molar-refractivity contribution in [3.8, 4) is 11.3 Å². The molecule has 29 heavy (non-hydrogen) atoms. The number of nitrogens with zero attached hydrogens (tertiary/aromatic N) is 4. The summed E-state index contributed by atoms with van der Waals surface area (Å²) in [4.78, 5) is 10.9. The van der Waals surface area contributed by atoms with Crippen molar-refractivity contribution in [1.29, 1.82) is 0 Å². The van der Waals surface area contributed by atoms with Crippen LogP contribution < -0.4 is 4.90 Å². The maximum absolute atomic E-state index is 13.4. The van der Waals surface area contributed by atoms with Gasteiger partial charge in [-0.2, -0.15) is 4.98 Å². The zero-order valence-corrected chi connectivity index (χ0v) is 15.6. The second-order valence-corrected chi connectivity index (χ2v) is 7.01. The summed E-state index contributed by atoms with van der Waals surface area (Å²) in [5.74, 6) is 1.19. The van der Waals surface area contributed by atoms with Crippen LogP contribution in [-0.4, -0.2) is 34.4 Å². The molecule has 0 amide bonds. The quantitative estimate of drug-likeness (QED) is 0.485. The van der Waals surface area contributed by atoms with Crippen LogP contribution in [-0.2, 0) is 11.3 Å². The van der Waals surface area contributed by atoms with E-state index in [1.54, 1.807) is 18.4 Å². The zero-order valence-electron chi connectivity index (χ0n) is 15.6. The molecule has 1 aliphatic rings. The maximum Gasteiger partial charge on any atom is 0.263 e. The Kier molecular flexibility index (Phi) is 4.69. The van der Waals surface area contributed by atoms with Gasteiger partial charge < -0.3 is 18.6 Å². The Morgan fingerprint density at radius 1 is 1.14 bits per heavy atom. The number of aromatic nitrogens is 3. The smallest absolute Gasteiger partial charge is 0.263 e. The number of hydrogen-bond donors (Lipinski definition) is 0. The molecule has 0 radical (unpaired) electrons. The van der Waals surface area contributed by atoms with Gasteiger partial charge in [0.15, 0.2) is 0 Å². The van der Waals surface area contributed by atoms with Crippen LogP contribution in [0.1, 0.15) is 18.6 Å². The molecular weight excluding hydrogens is 375 g/mol. The molecule has 0 unspecified atom stereocenters. The highest BCUT2D eigenvalue weighted by Gasteiger charge is 2.25. The number of halogens is 1. The lowest BCUT2D eigenvalue weighted by atomic mass is 10.1. The summed E-state index contributed by atoms with van der Waals surface area (Å²) in [6, 6.07) is 9.91. The number of furan rings is 1. The van der Waals surface area contributed by atoms with E-state index in [0.717, 1.165) is 30.8 Å². The average molecular weight is 394 g/mol. The zero-order chi connectivity index (χ0) is 19.6. The predicted octanol–water partition coefficient (Wildman–Crippen LogP) is 4.20. The van der Waals surface area contributed by atoms with E-state index in [-0.39, 0.29) is 11.9 Å². The summed E-state index contributed by atoms with van der Waals surface area (Å²) in [6.45, 7) is 1.94. The SMILES string of the molecule is Fc1ccc(-c2noc3ncnc(N(Cc4ccco4)C[C@@H]4CCCO4)c23)cc1. The van der Waals surface area contributed by atoms with E-state index in [0.29, 0.717) is 35.7 Å². The van der Waals surface area contributed by atoms with E-state index < -0.39 is 0 Å². The average Bonchev–Trinajstić information content (AvgIpc) is 3.50. The Hall–Kier alpha value is -3.26.